The zero-order chi connectivity index (χ0) is 18.2. The second-order valence-electron chi connectivity index (χ2n) is 6.31. The molecule has 1 fully saturated rings. The lowest BCUT2D eigenvalue weighted by molar-refractivity contribution is -0.128. The number of hydrogen-bond acceptors (Lipinski definition) is 4. The Morgan fingerprint density at radius 3 is 2.46 bits per heavy atom. The van der Waals surface area contributed by atoms with Crippen LogP contribution in [-0.4, -0.2) is 38.3 Å². The number of anilines is 1. The fourth-order valence-corrected chi connectivity index (χ4v) is 2.93. The van der Waals surface area contributed by atoms with Crippen LogP contribution in [0.2, 0.25) is 0 Å². The lowest BCUT2D eigenvalue weighted by Gasteiger charge is -2.29. The molecular formula is C21H26N2O3. The third kappa shape index (κ3) is 4.99. The third-order valence-corrected chi connectivity index (χ3v) is 4.46. The van der Waals surface area contributed by atoms with Crippen molar-refractivity contribution in [1.29, 1.82) is 0 Å². The van der Waals surface area contributed by atoms with Gasteiger partial charge in [0.15, 0.2) is 6.10 Å². The molecule has 0 bridgehead atoms. The monoisotopic (exact) mass is 354 g/mol. The smallest absolute Gasteiger partial charge is 0.261 e. The van der Waals surface area contributed by atoms with Crippen molar-refractivity contribution in [3.8, 4) is 5.75 Å². The Morgan fingerprint density at radius 2 is 1.81 bits per heavy atom. The zero-order valence-electron chi connectivity index (χ0n) is 15.2. The fraction of sp³-hybridized carbons (Fsp3) is 0.381. The van der Waals surface area contributed by atoms with Gasteiger partial charge in [-0.1, -0.05) is 37.3 Å². The van der Waals surface area contributed by atoms with Gasteiger partial charge in [-0.15, -0.1) is 0 Å². The minimum Gasteiger partial charge on any atom is -0.481 e. The molecular weight excluding hydrogens is 328 g/mol. The lowest BCUT2D eigenvalue weighted by atomic mass is 10.1. The molecule has 1 N–H and O–H groups in total. The number of morpholine rings is 1. The molecule has 0 aliphatic carbocycles. The molecule has 26 heavy (non-hydrogen) atoms. The molecule has 0 saturated carbocycles. The van der Waals surface area contributed by atoms with Crippen molar-refractivity contribution in [3.05, 3.63) is 60.2 Å². The predicted octanol–water partition coefficient (Wildman–Crippen LogP) is 3.00. The van der Waals surface area contributed by atoms with Gasteiger partial charge in [0.25, 0.3) is 5.91 Å². The summed E-state index contributed by atoms with van der Waals surface area (Å²) in [5, 5.41) is 2.97. The SMILES string of the molecule is CC[C@H](Oc1ccccc1)C(=O)NCc1ccc(N2CCOCC2)cc1. The van der Waals surface area contributed by atoms with Gasteiger partial charge < -0.3 is 19.7 Å². The van der Waals surface area contributed by atoms with E-state index in [0.29, 0.717) is 18.7 Å². The molecule has 0 aromatic heterocycles. The van der Waals surface area contributed by atoms with E-state index in [9.17, 15) is 4.79 Å². The number of benzene rings is 2. The minimum atomic E-state index is -0.481. The van der Waals surface area contributed by atoms with E-state index in [1.807, 2.05) is 37.3 Å². The third-order valence-electron chi connectivity index (χ3n) is 4.46. The average molecular weight is 354 g/mol. The van der Waals surface area contributed by atoms with E-state index in [1.165, 1.54) is 5.69 Å². The van der Waals surface area contributed by atoms with Gasteiger partial charge in [-0.05, 0) is 36.2 Å². The number of nitrogens with one attached hydrogen (secondary N) is 1. The number of carbonyl (C=O) groups excluding carboxylic acids is 1. The zero-order valence-corrected chi connectivity index (χ0v) is 15.2. The first-order chi connectivity index (χ1) is 12.8. The number of rotatable bonds is 7. The highest BCUT2D eigenvalue weighted by molar-refractivity contribution is 5.81. The number of carbonyl (C=O) groups is 1. The second kappa shape index (κ2) is 9.25. The molecule has 138 valence electrons. The summed E-state index contributed by atoms with van der Waals surface area (Å²) in [5.74, 6) is 0.623. The highest BCUT2D eigenvalue weighted by Gasteiger charge is 2.18. The summed E-state index contributed by atoms with van der Waals surface area (Å²) in [4.78, 5) is 14.7. The highest BCUT2D eigenvalue weighted by atomic mass is 16.5. The Labute approximate surface area is 154 Å². The van der Waals surface area contributed by atoms with Crippen LogP contribution >= 0.6 is 0 Å². The van der Waals surface area contributed by atoms with Crippen LogP contribution in [0.3, 0.4) is 0 Å². The fourth-order valence-electron chi connectivity index (χ4n) is 2.93. The van der Waals surface area contributed by atoms with Gasteiger partial charge in [0.1, 0.15) is 5.75 Å². The van der Waals surface area contributed by atoms with Crippen molar-refractivity contribution in [2.24, 2.45) is 0 Å². The van der Waals surface area contributed by atoms with Crippen LogP contribution in [-0.2, 0) is 16.1 Å². The van der Waals surface area contributed by atoms with Crippen LogP contribution in [0.4, 0.5) is 5.69 Å². The summed E-state index contributed by atoms with van der Waals surface area (Å²) in [6.07, 6.45) is 0.140. The van der Waals surface area contributed by atoms with Gasteiger partial charge in [0, 0.05) is 25.3 Å². The van der Waals surface area contributed by atoms with Gasteiger partial charge in [0.2, 0.25) is 0 Å². The predicted molar refractivity (Wildman–Crippen MR) is 102 cm³/mol. The molecule has 3 rings (SSSR count). The quantitative estimate of drug-likeness (QED) is 0.830. The van der Waals surface area contributed by atoms with Crippen molar-refractivity contribution in [2.75, 3.05) is 31.2 Å². The largest absolute Gasteiger partial charge is 0.481 e. The second-order valence-corrected chi connectivity index (χ2v) is 6.31. The molecule has 1 atom stereocenters. The van der Waals surface area contributed by atoms with E-state index in [0.717, 1.165) is 31.9 Å². The molecule has 1 aliphatic heterocycles. The Morgan fingerprint density at radius 1 is 1.12 bits per heavy atom. The van der Waals surface area contributed by atoms with Crippen LogP contribution in [0.1, 0.15) is 18.9 Å². The Balaban J connectivity index is 1.51. The maximum atomic E-state index is 12.4. The molecule has 1 heterocycles. The number of amides is 1. The Kier molecular flexibility index (Phi) is 6.50. The lowest BCUT2D eigenvalue weighted by Crippen LogP contribution is -2.37. The summed E-state index contributed by atoms with van der Waals surface area (Å²) in [7, 11) is 0. The van der Waals surface area contributed by atoms with Crippen molar-refractivity contribution < 1.29 is 14.3 Å². The molecule has 5 nitrogen and oxygen atoms in total. The van der Waals surface area contributed by atoms with Gasteiger partial charge in [-0.25, -0.2) is 0 Å². The summed E-state index contributed by atoms with van der Waals surface area (Å²) >= 11 is 0. The normalized spacial score (nSPS) is 15.3. The van der Waals surface area contributed by atoms with Gasteiger partial charge in [0.05, 0.1) is 13.2 Å². The van der Waals surface area contributed by atoms with Crippen LogP contribution < -0.4 is 15.0 Å². The van der Waals surface area contributed by atoms with E-state index >= 15 is 0 Å². The number of hydrogen-bond donors (Lipinski definition) is 1. The minimum absolute atomic E-state index is 0.0893. The molecule has 1 saturated heterocycles. The molecule has 1 amide bonds. The van der Waals surface area contributed by atoms with Gasteiger partial charge in [-0.2, -0.15) is 0 Å². The van der Waals surface area contributed by atoms with E-state index in [-0.39, 0.29) is 5.91 Å². The van der Waals surface area contributed by atoms with Crippen molar-refractivity contribution in [2.45, 2.75) is 26.0 Å². The number of para-hydroxylation sites is 1. The Bertz CT molecular complexity index is 682. The summed E-state index contributed by atoms with van der Waals surface area (Å²) in [6, 6.07) is 17.8. The van der Waals surface area contributed by atoms with Crippen LogP contribution in [0.15, 0.2) is 54.6 Å². The molecule has 2 aromatic rings. The van der Waals surface area contributed by atoms with Crippen LogP contribution in [0.5, 0.6) is 5.75 Å². The molecule has 1 aliphatic rings. The van der Waals surface area contributed by atoms with E-state index in [4.69, 9.17) is 9.47 Å². The molecule has 0 unspecified atom stereocenters. The Hall–Kier alpha value is -2.53. The maximum absolute atomic E-state index is 12.4. The first-order valence-corrected chi connectivity index (χ1v) is 9.17. The van der Waals surface area contributed by atoms with Crippen LogP contribution in [0, 0.1) is 0 Å². The molecule has 2 aromatic carbocycles. The molecule has 0 radical (unpaired) electrons. The van der Waals surface area contributed by atoms with Crippen molar-refractivity contribution in [1.82, 2.24) is 5.32 Å². The standard InChI is InChI=1S/C21H26N2O3/c1-2-20(26-19-6-4-3-5-7-19)21(24)22-16-17-8-10-18(11-9-17)23-12-14-25-15-13-23/h3-11,20H,2,12-16H2,1H3,(H,22,24)/t20-/m0/s1. The van der Waals surface area contributed by atoms with Crippen molar-refractivity contribution >= 4 is 11.6 Å². The number of nitrogens with zero attached hydrogens (tertiary/aromatic N) is 1. The summed E-state index contributed by atoms with van der Waals surface area (Å²) < 4.78 is 11.2. The summed E-state index contributed by atoms with van der Waals surface area (Å²) in [5.41, 5.74) is 2.27. The topological polar surface area (TPSA) is 50.8 Å². The molecule has 0 spiro atoms. The highest BCUT2D eigenvalue weighted by Crippen LogP contribution is 2.17. The summed E-state index contributed by atoms with van der Waals surface area (Å²) in [6.45, 7) is 5.84. The number of ether oxygens (including phenoxy) is 2. The first-order valence-electron chi connectivity index (χ1n) is 9.17. The average Bonchev–Trinajstić information content (AvgIpc) is 2.72. The van der Waals surface area contributed by atoms with Crippen molar-refractivity contribution in [3.63, 3.8) is 0 Å². The first kappa shape index (κ1) is 18.3. The van der Waals surface area contributed by atoms with Crippen LogP contribution in [0.25, 0.3) is 0 Å². The van der Waals surface area contributed by atoms with E-state index < -0.39 is 6.10 Å². The maximum Gasteiger partial charge on any atom is 0.261 e. The van der Waals surface area contributed by atoms with Gasteiger partial charge in [-0.3, -0.25) is 4.79 Å². The van der Waals surface area contributed by atoms with Gasteiger partial charge >= 0.3 is 0 Å². The van der Waals surface area contributed by atoms with E-state index in [1.54, 1.807) is 0 Å². The molecule has 5 heteroatoms. The van der Waals surface area contributed by atoms with E-state index in [2.05, 4.69) is 34.5 Å².